The first-order valence-electron chi connectivity index (χ1n) is 26.2. The van der Waals surface area contributed by atoms with Gasteiger partial charge in [0, 0.05) is 60.2 Å². The van der Waals surface area contributed by atoms with Crippen LogP contribution in [0.15, 0.2) is 35.4 Å². The summed E-state index contributed by atoms with van der Waals surface area (Å²) >= 11 is 0.977. The number of aliphatic hydroxyl groups excluding tert-OH is 3. The molecule has 13 N–H and O–H groups in total. The molecular formula is C52H71N11O15S. The number of nitrogens with two attached hydrogens (primary N) is 1. The van der Waals surface area contributed by atoms with Gasteiger partial charge in [0.15, 0.2) is 0 Å². The number of carbonyl (C=O) groups is 11. The van der Waals surface area contributed by atoms with Gasteiger partial charge in [-0.25, -0.2) is 4.90 Å². The highest BCUT2D eigenvalue weighted by atomic mass is 32.2. The molecular weight excluding hydrogens is 1050 g/mol. The van der Waals surface area contributed by atoms with E-state index in [1.165, 1.54) is 24.0 Å². The molecule has 26 nitrogen and oxygen atoms in total. The Hall–Kier alpha value is -6.94. The van der Waals surface area contributed by atoms with Crippen molar-refractivity contribution in [2.45, 2.75) is 152 Å². The summed E-state index contributed by atoms with van der Waals surface area (Å²) in [7, 11) is 0. The Kier molecular flexibility index (Phi) is 18.0. The highest BCUT2D eigenvalue weighted by Crippen LogP contribution is 2.46. The van der Waals surface area contributed by atoms with E-state index in [1.54, 1.807) is 47.6 Å². The summed E-state index contributed by atoms with van der Waals surface area (Å²) in [4.78, 5) is 163. The fourth-order valence-electron chi connectivity index (χ4n) is 11.5. The van der Waals surface area contributed by atoms with Crippen LogP contribution in [0.25, 0.3) is 10.9 Å². The maximum Gasteiger partial charge on any atom is 0.254 e. The number of nitrogens with one attached hydrogen (secondary N) is 8. The molecule has 1 aromatic heterocycles. The number of Topliss-reactive ketones (excluding diaryl/α,β-unsaturated/α-hetero) is 1. The van der Waals surface area contributed by atoms with Crippen LogP contribution in [-0.2, 0) is 59.2 Å². The number of hydrogen-bond donors (Lipinski definition) is 12. The Morgan fingerprint density at radius 2 is 1.51 bits per heavy atom. The molecule has 0 saturated carbocycles. The number of fused-ring (bicyclic) bond motifs is 7. The molecule has 6 aliphatic heterocycles. The lowest BCUT2D eigenvalue weighted by Gasteiger charge is -2.49. The average molecular weight is 1120 g/mol. The SMILES string of the molecule is CC[C@H](C)[C@@H]1NC(=O)CNC(=O)[C@@H]2Cc3c4[nH]c5cc(ccc35)OC(CC(C)(C)CC(C)(C)N3C(=O)C=CC3=O)(C(=O)[C@H](CC(N)=O)NC(=O)[C@H](CS4)NC(=O)CNC1=O)N1C[C@H](O)C[C@H]1C(=O)N[C@@H]([C@@H](C)[C@@H](O)CO)C(=O)N2. The predicted octanol–water partition coefficient (Wildman–Crippen LogP) is -3.00. The number of thioether (sulfide) groups is 1. The number of ketones is 1. The summed E-state index contributed by atoms with van der Waals surface area (Å²) in [6.45, 7) is 8.64. The van der Waals surface area contributed by atoms with E-state index in [4.69, 9.17) is 10.5 Å². The summed E-state index contributed by atoms with van der Waals surface area (Å²) < 4.78 is 7.08. The number of aliphatic hydroxyl groups is 3. The van der Waals surface area contributed by atoms with Crippen molar-refractivity contribution in [1.29, 1.82) is 0 Å². The predicted molar refractivity (Wildman–Crippen MR) is 281 cm³/mol. The standard InChI is InChI=1S/C52H71N11O15S/c1-8-24(2)41-47(76)55-17-37(68)56-33-21-79-49-29-15-32(44(73)54-18-38(69)60-41)58-48(77)42(25(3)35(66)20-64)61-46(75)34-13-26(65)19-62(34)52(43(72)31(16-36(53)67)57-45(33)74,78-27-9-10-28(29)30(14-27)59-49)23-50(4,5)22-51(6,7)63-39(70)11-12-40(63)71/h9-12,14,24-26,31-35,41-42,59,64-66H,8,13,15-23H2,1-7H3,(H2,53,67)(H,54,73)(H,55,76)(H,56,68)(H,57,74)(H,58,77)(H,60,69)(H,61,75)/t24-,25-,26+,31-,32-,33-,34-,35-,41-,42-,52?/m0/s1. The number of imide groups is 1. The smallest absolute Gasteiger partial charge is 0.254 e. The lowest BCUT2D eigenvalue weighted by atomic mass is 9.72. The zero-order chi connectivity index (χ0) is 58.1. The van der Waals surface area contributed by atoms with Crippen LogP contribution in [0.3, 0.4) is 0 Å². The lowest BCUT2D eigenvalue weighted by molar-refractivity contribution is -0.172. The van der Waals surface area contributed by atoms with Gasteiger partial charge >= 0.3 is 0 Å². The van der Waals surface area contributed by atoms with Gasteiger partial charge in [0.1, 0.15) is 36.0 Å². The first-order chi connectivity index (χ1) is 37.1. The van der Waals surface area contributed by atoms with Crippen molar-refractivity contribution >= 4 is 87.5 Å². The third kappa shape index (κ3) is 13.1. The van der Waals surface area contributed by atoms with Crippen molar-refractivity contribution in [2.75, 3.05) is 32.0 Å². The van der Waals surface area contributed by atoms with Gasteiger partial charge in [0.25, 0.3) is 11.8 Å². The number of ether oxygens (including phenoxy) is 1. The summed E-state index contributed by atoms with van der Waals surface area (Å²) in [5.74, 6) is -12.1. The number of H-pyrrole nitrogens is 1. The monoisotopic (exact) mass is 1120 g/mol. The number of benzene rings is 1. The Morgan fingerprint density at radius 1 is 0.848 bits per heavy atom. The van der Waals surface area contributed by atoms with Crippen molar-refractivity contribution in [3.05, 3.63) is 35.9 Å². The molecule has 8 bridgehead atoms. The van der Waals surface area contributed by atoms with Gasteiger partial charge in [-0.05, 0) is 55.7 Å². The number of aromatic amines is 1. The van der Waals surface area contributed by atoms with Crippen LogP contribution in [0.2, 0.25) is 0 Å². The summed E-state index contributed by atoms with van der Waals surface area (Å²) in [6.07, 6.45) is -2.71. The fraction of sp³-hybridized carbons (Fsp3) is 0.596. The molecule has 8 rings (SSSR count). The molecule has 1 aromatic carbocycles. The van der Waals surface area contributed by atoms with Crippen LogP contribution in [0.5, 0.6) is 5.75 Å². The number of amides is 10. The molecule has 6 aliphatic rings. The van der Waals surface area contributed by atoms with Crippen LogP contribution in [0, 0.1) is 17.3 Å². The molecule has 1 unspecified atom stereocenters. The normalized spacial score (nSPS) is 28.3. The van der Waals surface area contributed by atoms with Crippen LogP contribution in [-0.4, -0.2) is 187 Å². The molecule has 0 radical (unpaired) electrons. The largest absolute Gasteiger partial charge is 0.465 e. The molecule has 0 spiro atoms. The maximum atomic E-state index is 16.4. The first-order valence-corrected chi connectivity index (χ1v) is 27.2. The minimum Gasteiger partial charge on any atom is -0.465 e. The van der Waals surface area contributed by atoms with Gasteiger partial charge in [0.05, 0.1) is 54.9 Å². The van der Waals surface area contributed by atoms with Crippen molar-refractivity contribution in [2.24, 2.45) is 23.0 Å². The number of carbonyl (C=O) groups excluding carboxylic acids is 11. The van der Waals surface area contributed by atoms with Gasteiger partial charge in [-0.2, -0.15) is 0 Å². The number of primary amides is 1. The molecule has 11 atom stereocenters. The molecule has 2 aromatic rings. The third-order valence-corrected chi connectivity index (χ3v) is 16.4. The zero-order valence-corrected chi connectivity index (χ0v) is 45.9. The van der Waals surface area contributed by atoms with E-state index in [1.807, 2.05) is 0 Å². The van der Waals surface area contributed by atoms with Crippen LogP contribution < -0.4 is 47.7 Å². The molecule has 7 heterocycles. The average Bonchev–Trinajstić information content (AvgIpc) is 4.21. The van der Waals surface area contributed by atoms with Crippen LogP contribution >= 0.6 is 11.8 Å². The highest BCUT2D eigenvalue weighted by molar-refractivity contribution is 7.99. The van der Waals surface area contributed by atoms with Crippen LogP contribution in [0.1, 0.15) is 86.1 Å². The lowest BCUT2D eigenvalue weighted by Crippen LogP contribution is -2.69. The van der Waals surface area contributed by atoms with E-state index >= 15 is 9.59 Å². The van der Waals surface area contributed by atoms with E-state index in [9.17, 15) is 58.5 Å². The molecule has 0 aliphatic carbocycles. The Morgan fingerprint density at radius 3 is 2.15 bits per heavy atom. The quantitative estimate of drug-likeness (QED) is 0.0943. The van der Waals surface area contributed by atoms with E-state index in [2.05, 4.69) is 42.2 Å². The van der Waals surface area contributed by atoms with Crippen molar-refractivity contribution in [3.63, 3.8) is 0 Å². The van der Waals surface area contributed by atoms with Crippen molar-refractivity contribution in [3.8, 4) is 5.75 Å². The zero-order valence-electron chi connectivity index (χ0n) is 45.1. The Labute approximate surface area is 459 Å². The van der Waals surface area contributed by atoms with Crippen LogP contribution in [0.4, 0.5) is 0 Å². The minimum atomic E-state index is -2.57. The van der Waals surface area contributed by atoms with Gasteiger partial charge in [0.2, 0.25) is 58.8 Å². The molecule has 1 fully saturated rings. The minimum absolute atomic E-state index is 0.0391. The van der Waals surface area contributed by atoms with Gasteiger partial charge in [-0.15, -0.1) is 11.8 Å². The van der Waals surface area contributed by atoms with E-state index < -0.39 is 187 Å². The van der Waals surface area contributed by atoms with E-state index in [0.717, 1.165) is 28.8 Å². The number of aromatic nitrogens is 1. The summed E-state index contributed by atoms with van der Waals surface area (Å²) in [6, 6.07) is -5.16. The second kappa shape index (κ2) is 23.8. The molecule has 10 amide bonds. The van der Waals surface area contributed by atoms with E-state index in [-0.39, 0.29) is 29.4 Å². The van der Waals surface area contributed by atoms with E-state index in [0.29, 0.717) is 22.9 Å². The van der Waals surface area contributed by atoms with Crippen molar-refractivity contribution < 1.29 is 72.8 Å². The maximum absolute atomic E-state index is 16.4. The Balaban J connectivity index is 1.52. The number of hydrogen-bond acceptors (Lipinski definition) is 17. The Bertz CT molecular complexity index is 2820. The molecule has 27 heteroatoms. The van der Waals surface area contributed by atoms with Gasteiger partial charge in [-0.3, -0.25) is 57.6 Å². The molecule has 430 valence electrons. The molecule has 79 heavy (non-hydrogen) atoms. The number of rotatable bonds is 12. The topological polar surface area (TPSA) is 390 Å². The highest BCUT2D eigenvalue weighted by Gasteiger charge is 2.59. The molecule has 1 saturated heterocycles. The summed E-state index contributed by atoms with van der Waals surface area (Å²) in [5.41, 5.74) is 1.40. The fourth-order valence-corrected chi connectivity index (χ4v) is 12.6. The van der Waals surface area contributed by atoms with Gasteiger partial charge in [-0.1, -0.05) is 41.0 Å². The third-order valence-electron chi connectivity index (χ3n) is 15.3. The van der Waals surface area contributed by atoms with Crippen molar-refractivity contribution in [1.82, 2.24) is 52.0 Å². The van der Waals surface area contributed by atoms with Gasteiger partial charge < -0.3 is 68.0 Å². The second-order valence-electron chi connectivity index (χ2n) is 22.5. The first kappa shape index (κ1) is 59.7. The second-order valence-corrected chi connectivity index (χ2v) is 23.5. The number of nitrogens with zero attached hydrogens (tertiary/aromatic N) is 2. The summed E-state index contributed by atoms with van der Waals surface area (Å²) in [5, 5.41) is 51.9.